The maximum absolute atomic E-state index is 12.3. The number of rotatable bonds is 10. The third-order valence-electron chi connectivity index (χ3n) is 4.18. The van der Waals surface area contributed by atoms with E-state index in [1.165, 1.54) is 34.2 Å². The van der Waals surface area contributed by atoms with Gasteiger partial charge in [0, 0.05) is 5.75 Å². The van der Waals surface area contributed by atoms with Crippen LogP contribution in [0.1, 0.15) is 37.8 Å². The first-order valence-electron chi connectivity index (χ1n) is 9.74. The predicted octanol–water partition coefficient (Wildman–Crippen LogP) is 6.08. The van der Waals surface area contributed by atoms with Crippen molar-refractivity contribution < 1.29 is 9.53 Å². The lowest BCUT2D eigenvalue weighted by molar-refractivity contribution is -0.113. The van der Waals surface area contributed by atoms with Crippen LogP contribution in [0.2, 0.25) is 0 Å². The number of aromatic nitrogens is 2. The standard InChI is InChI=1S/C22H25N3O2S3/c1-4-27-19-8-6-5-7-18(19)23-20(26)14-29-22-25-24-21(30-22)28-13-16-9-11-17(12-10-16)15(2)3/h5-12,15H,4,13-14H2,1-3H3,(H,23,26). The molecule has 3 rings (SSSR count). The van der Waals surface area contributed by atoms with Gasteiger partial charge in [-0.15, -0.1) is 10.2 Å². The molecular weight excluding hydrogens is 434 g/mol. The van der Waals surface area contributed by atoms with Crippen molar-refractivity contribution in [1.29, 1.82) is 0 Å². The largest absolute Gasteiger partial charge is 0.492 e. The van der Waals surface area contributed by atoms with Crippen molar-refractivity contribution in [2.75, 3.05) is 17.7 Å². The lowest BCUT2D eigenvalue weighted by Crippen LogP contribution is -2.14. The number of amides is 1. The van der Waals surface area contributed by atoms with Gasteiger partial charge in [0.2, 0.25) is 5.91 Å². The van der Waals surface area contributed by atoms with Crippen molar-refractivity contribution in [3.63, 3.8) is 0 Å². The number of carbonyl (C=O) groups is 1. The van der Waals surface area contributed by atoms with Crippen molar-refractivity contribution in [3.8, 4) is 5.75 Å². The summed E-state index contributed by atoms with van der Waals surface area (Å²) in [6.07, 6.45) is 0. The average molecular weight is 460 g/mol. The van der Waals surface area contributed by atoms with Gasteiger partial charge in [-0.05, 0) is 36.1 Å². The van der Waals surface area contributed by atoms with Crippen LogP contribution in [0.5, 0.6) is 5.75 Å². The summed E-state index contributed by atoms with van der Waals surface area (Å²) in [6, 6.07) is 16.1. The number of carbonyl (C=O) groups excluding carboxylic acids is 1. The van der Waals surface area contributed by atoms with E-state index in [4.69, 9.17) is 4.74 Å². The fourth-order valence-electron chi connectivity index (χ4n) is 2.62. The topological polar surface area (TPSA) is 64.1 Å². The van der Waals surface area contributed by atoms with Crippen LogP contribution in [0.4, 0.5) is 5.69 Å². The minimum absolute atomic E-state index is 0.0956. The van der Waals surface area contributed by atoms with E-state index in [-0.39, 0.29) is 11.7 Å². The molecule has 0 radical (unpaired) electrons. The number of anilines is 1. The number of ether oxygens (including phenoxy) is 1. The molecule has 3 aromatic rings. The van der Waals surface area contributed by atoms with E-state index in [2.05, 4.69) is 53.6 Å². The van der Waals surface area contributed by atoms with Gasteiger partial charge >= 0.3 is 0 Å². The lowest BCUT2D eigenvalue weighted by atomic mass is 10.0. The normalized spacial score (nSPS) is 10.9. The summed E-state index contributed by atoms with van der Waals surface area (Å²) in [5.74, 6) is 2.25. The minimum Gasteiger partial charge on any atom is -0.492 e. The van der Waals surface area contributed by atoms with Crippen molar-refractivity contribution in [1.82, 2.24) is 10.2 Å². The van der Waals surface area contributed by atoms with Gasteiger partial charge in [-0.1, -0.05) is 85.1 Å². The summed E-state index contributed by atoms with van der Waals surface area (Å²) >= 11 is 4.58. The molecule has 1 aromatic heterocycles. The van der Waals surface area contributed by atoms with Gasteiger partial charge < -0.3 is 10.1 Å². The molecule has 8 heteroatoms. The zero-order valence-electron chi connectivity index (χ0n) is 17.3. The molecule has 1 N–H and O–H groups in total. The van der Waals surface area contributed by atoms with Crippen LogP contribution < -0.4 is 10.1 Å². The molecule has 0 fully saturated rings. The van der Waals surface area contributed by atoms with Crippen molar-refractivity contribution in [3.05, 3.63) is 59.7 Å². The molecule has 0 aliphatic rings. The number of thioether (sulfide) groups is 2. The first kappa shape index (κ1) is 22.7. The molecule has 0 saturated carbocycles. The van der Waals surface area contributed by atoms with E-state index < -0.39 is 0 Å². The number of nitrogens with zero attached hydrogens (tertiary/aromatic N) is 2. The van der Waals surface area contributed by atoms with Crippen LogP contribution in [0, 0.1) is 0 Å². The van der Waals surface area contributed by atoms with E-state index in [0.29, 0.717) is 24.0 Å². The summed E-state index contributed by atoms with van der Waals surface area (Å²) in [6.45, 7) is 6.86. The Morgan fingerprint density at radius 2 is 1.77 bits per heavy atom. The van der Waals surface area contributed by atoms with Gasteiger partial charge in [-0.3, -0.25) is 4.79 Å². The van der Waals surface area contributed by atoms with Gasteiger partial charge in [-0.25, -0.2) is 0 Å². The smallest absolute Gasteiger partial charge is 0.234 e. The Morgan fingerprint density at radius 1 is 1.07 bits per heavy atom. The van der Waals surface area contributed by atoms with E-state index in [0.717, 1.165) is 14.4 Å². The third kappa shape index (κ3) is 6.75. The second kappa shape index (κ2) is 11.4. The molecule has 0 bridgehead atoms. The Hall–Kier alpha value is -2.03. The molecule has 158 valence electrons. The van der Waals surface area contributed by atoms with Crippen LogP contribution in [0.15, 0.2) is 57.2 Å². The lowest BCUT2D eigenvalue weighted by Gasteiger charge is -2.10. The third-order valence-corrected chi connectivity index (χ3v) is 7.45. The van der Waals surface area contributed by atoms with Crippen molar-refractivity contribution >= 4 is 46.5 Å². The summed E-state index contributed by atoms with van der Waals surface area (Å²) < 4.78 is 7.24. The maximum Gasteiger partial charge on any atom is 0.234 e. The van der Waals surface area contributed by atoms with Gasteiger partial charge in [0.05, 0.1) is 18.0 Å². The summed E-state index contributed by atoms with van der Waals surface area (Å²) in [4.78, 5) is 12.3. The molecule has 0 aliphatic carbocycles. The molecule has 0 unspecified atom stereocenters. The Labute approximate surface area is 190 Å². The predicted molar refractivity (Wildman–Crippen MR) is 127 cm³/mol. The Kier molecular flexibility index (Phi) is 8.60. The molecule has 2 aromatic carbocycles. The van der Waals surface area contributed by atoms with Crippen LogP contribution in [0.25, 0.3) is 0 Å². The summed E-state index contributed by atoms with van der Waals surface area (Å²) in [5, 5.41) is 11.3. The number of nitrogens with one attached hydrogen (secondary N) is 1. The Balaban J connectivity index is 1.46. The van der Waals surface area contributed by atoms with Crippen LogP contribution in [0.3, 0.4) is 0 Å². The highest BCUT2D eigenvalue weighted by Crippen LogP contribution is 2.31. The summed E-state index contributed by atoms with van der Waals surface area (Å²) in [5.41, 5.74) is 3.29. The highest BCUT2D eigenvalue weighted by Gasteiger charge is 2.11. The van der Waals surface area contributed by atoms with Gasteiger partial charge in [0.25, 0.3) is 0 Å². The zero-order valence-corrected chi connectivity index (χ0v) is 19.7. The van der Waals surface area contributed by atoms with Crippen molar-refractivity contribution in [2.24, 2.45) is 0 Å². The Morgan fingerprint density at radius 3 is 2.47 bits per heavy atom. The number of benzene rings is 2. The number of para-hydroxylation sites is 2. The van der Waals surface area contributed by atoms with E-state index in [1.807, 2.05) is 31.2 Å². The number of hydrogen-bond donors (Lipinski definition) is 1. The monoisotopic (exact) mass is 459 g/mol. The SMILES string of the molecule is CCOc1ccccc1NC(=O)CSc1nnc(SCc2ccc(C(C)C)cc2)s1. The highest BCUT2D eigenvalue weighted by atomic mass is 32.2. The highest BCUT2D eigenvalue weighted by molar-refractivity contribution is 8.03. The average Bonchev–Trinajstić information content (AvgIpc) is 3.20. The zero-order chi connectivity index (χ0) is 21.3. The molecule has 30 heavy (non-hydrogen) atoms. The molecule has 0 spiro atoms. The summed E-state index contributed by atoms with van der Waals surface area (Å²) in [7, 11) is 0. The van der Waals surface area contributed by atoms with E-state index in [9.17, 15) is 4.79 Å². The van der Waals surface area contributed by atoms with Crippen molar-refractivity contribution in [2.45, 2.75) is 41.1 Å². The van der Waals surface area contributed by atoms with E-state index >= 15 is 0 Å². The fourth-order valence-corrected chi connectivity index (χ4v) is 5.40. The molecule has 0 aliphatic heterocycles. The second-order valence-corrected chi connectivity index (χ2v) is 10.2. The molecule has 0 saturated heterocycles. The van der Waals surface area contributed by atoms with Gasteiger partial charge in [0.15, 0.2) is 8.68 Å². The molecule has 1 amide bonds. The van der Waals surface area contributed by atoms with Gasteiger partial charge in [-0.2, -0.15) is 0 Å². The van der Waals surface area contributed by atoms with E-state index in [1.54, 1.807) is 11.8 Å². The van der Waals surface area contributed by atoms with Crippen LogP contribution in [-0.2, 0) is 10.5 Å². The van der Waals surface area contributed by atoms with Gasteiger partial charge in [0.1, 0.15) is 5.75 Å². The first-order valence-corrected chi connectivity index (χ1v) is 12.5. The first-order chi connectivity index (χ1) is 14.5. The maximum atomic E-state index is 12.3. The molecule has 0 atom stereocenters. The van der Waals surface area contributed by atoms with Crippen LogP contribution >= 0.6 is 34.9 Å². The number of hydrogen-bond acceptors (Lipinski definition) is 7. The Bertz CT molecular complexity index is 958. The quantitative estimate of drug-likeness (QED) is 0.371. The second-order valence-electron chi connectivity index (χ2n) is 6.78. The minimum atomic E-state index is -0.0956. The van der Waals surface area contributed by atoms with Crippen LogP contribution in [-0.4, -0.2) is 28.5 Å². The molecule has 1 heterocycles. The molecule has 5 nitrogen and oxygen atoms in total. The molecular formula is C22H25N3O2S3. The fraction of sp³-hybridized carbons (Fsp3) is 0.318.